The maximum atomic E-state index is 12.7. The Bertz CT molecular complexity index is 689. The molecule has 2 aromatic carbocycles. The molecule has 8 heteroatoms. The molecule has 4 nitrogen and oxygen atoms in total. The zero-order valence-electron chi connectivity index (χ0n) is 12.9. The third-order valence-corrected chi connectivity index (χ3v) is 2.98. The highest BCUT2D eigenvalue weighted by atomic mass is 35.5. The number of benzene rings is 2. The number of nitrogens with one attached hydrogen (secondary N) is 2. The topological polar surface area (TPSA) is 61.4 Å². The first-order valence-corrected chi connectivity index (χ1v) is 7.37. The van der Waals surface area contributed by atoms with Gasteiger partial charge >= 0.3 is 12.2 Å². The Labute approximate surface area is 142 Å². The summed E-state index contributed by atoms with van der Waals surface area (Å²) >= 11 is 5.49. The summed E-state index contributed by atoms with van der Waals surface area (Å²) in [5.41, 5.74) is -0.704. The Morgan fingerprint density at radius 1 is 1.00 bits per heavy atom. The third kappa shape index (κ3) is 5.66. The van der Waals surface area contributed by atoms with Gasteiger partial charge in [-0.2, -0.15) is 13.2 Å². The van der Waals surface area contributed by atoms with Crippen molar-refractivity contribution in [3.63, 3.8) is 0 Å². The number of phenols is 1. The molecule has 3 N–H and O–H groups in total. The standard InChI is InChI=1S/C14H10ClF3N2O2.C2H6/c15-12-6-3-9(7-11(12)14(16,17)18)20-13(22)19-8-1-4-10(21)5-2-8;1-2/h1-7,21H,(H2,19,20,22);1-2H3. The minimum absolute atomic E-state index is 0.0264. The number of phenolic OH excluding ortho intramolecular Hbond substituents is 1. The fraction of sp³-hybridized carbons (Fsp3) is 0.188. The highest BCUT2D eigenvalue weighted by Crippen LogP contribution is 2.36. The van der Waals surface area contributed by atoms with Gasteiger partial charge in [-0.25, -0.2) is 4.79 Å². The van der Waals surface area contributed by atoms with Crippen LogP contribution in [-0.2, 0) is 6.18 Å². The molecule has 0 aliphatic rings. The Morgan fingerprint density at radius 3 is 2.04 bits per heavy atom. The SMILES string of the molecule is CC.O=C(Nc1ccc(O)cc1)Nc1ccc(Cl)c(C(F)(F)F)c1. The Morgan fingerprint density at radius 2 is 1.50 bits per heavy atom. The van der Waals surface area contributed by atoms with Gasteiger partial charge in [0.25, 0.3) is 0 Å². The molecule has 0 aromatic heterocycles. The van der Waals surface area contributed by atoms with Crippen LogP contribution in [0.1, 0.15) is 19.4 Å². The second-order valence-corrected chi connectivity index (χ2v) is 4.73. The fourth-order valence-corrected chi connectivity index (χ4v) is 1.88. The van der Waals surface area contributed by atoms with Gasteiger partial charge in [-0.3, -0.25) is 0 Å². The van der Waals surface area contributed by atoms with Crippen molar-refractivity contribution >= 4 is 29.0 Å². The summed E-state index contributed by atoms with van der Waals surface area (Å²) in [6.07, 6.45) is -4.61. The molecule has 2 aromatic rings. The second-order valence-electron chi connectivity index (χ2n) is 4.32. The van der Waals surface area contributed by atoms with Crippen LogP contribution in [0.2, 0.25) is 5.02 Å². The number of hydrogen-bond acceptors (Lipinski definition) is 2. The van der Waals surface area contributed by atoms with Crippen molar-refractivity contribution in [2.24, 2.45) is 0 Å². The van der Waals surface area contributed by atoms with Gasteiger partial charge in [-0.05, 0) is 42.5 Å². The number of aromatic hydroxyl groups is 1. The number of amides is 2. The molecule has 0 aliphatic heterocycles. The van der Waals surface area contributed by atoms with Gasteiger partial charge in [0.05, 0.1) is 10.6 Å². The summed E-state index contributed by atoms with van der Waals surface area (Å²) in [6.45, 7) is 4.00. The van der Waals surface area contributed by atoms with E-state index in [1.165, 1.54) is 30.3 Å². The Kier molecular flexibility index (Phi) is 6.91. The van der Waals surface area contributed by atoms with E-state index in [4.69, 9.17) is 16.7 Å². The van der Waals surface area contributed by atoms with Crippen LogP contribution in [0, 0.1) is 0 Å². The average Bonchev–Trinajstić information content (AvgIpc) is 2.52. The van der Waals surface area contributed by atoms with E-state index in [1.807, 2.05) is 13.8 Å². The lowest BCUT2D eigenvalue weighted by molar-refractivity contribution is -0.137. The molecule has 0 unspecified atom stereocenters. The Balaban J connectivity index is 0.00000139. The lowest BCUT2D eigenvalue weighted by Gasteiger charge is -2.12. The van der Waals surface area contributed by atoms with Gasteiger partial charge in [0, 0.05) is 11.4 Å². The smallest absolute Gasteiger partial charge is 0.417 e. The first-order valence-electron chi connectivity index (χ1n) is 6.99. The number of alkyl halides is 3. The number of anilines is 2. The van der Waals surface area contributed by atoms with Crippen LogP contribution in [0.25, 0.3) is 0 Å². The molecule has 0 saturated carbocycles. The van der Waals surface area contributed by atoms with Crippen molar-refractivity contribution in [2.75, 3.05) is 10.6 Å². The lowest BCUT2D eigenvalue weighted by atomic mass is 10.2. The van der Waals surface area contributed by atoms with Gasteiger partial charge < -0.3 is 15.7 Å². The summed E-state index contributed by atoms with van der Waals surface area (Å²) in [7, 11) is 0. The van der Waals surface area contributed by atoms with Crippen LogP contribution < -0.4 is 10.6 Å². The highest BCUT2D eigenvalue weighted by molar-refractivity contribution is 6.31. The average molecular weight is 361 g/mol. The molecule has 2 rings (SSSR count). The number of hydrogen-bond donors (Lipinski definition) is 3. The zero-order valence-corrected chi connectivity index (χ0v) is 13.7. The molecule has 0 spiro atoms. The molecule has 0 atom stereocenters. The molecule has 0 saturated heterocycles. The van der Waals surface area contributed by atoms with Crippen LogP contribution in [0.4, 0.5) is 29.3 Å². The molecular formula is C16H16ClF3N2O2. The van der Waals surface area contributed by atoms with Gasteiger partial charge in [0.2, 0.25) is 0 Å². The minimum atomic E-state index is -4.61. The second kappa shape index (κ2) is 8.44. The normalized spacial score (nSPS) is 10.4. The fourth-order valence-electron chi connectivity index (χ4n) is 1.66. The molecule has 24 heavy (non-hydrogen) atoms. The highest BCUT2D eigenvalue weighted by Gasteiger charge is 2.33. The first kappa shape index (κ1) is 19.6. The lowest BCUT2D eigenvalue weighted by Crippen LogP contribution is -2.19. The molecule has 0 bridgehead atoms. The summed E-state index contributed by atoms with van der Waals surface area (Å²) < 4.78 is 38.1. The maximum absolute atomic E-state index is 12.7. The number of carbonyl (C=O) groups excluding carboxylic acids is 1. The summed E-state index contributed by atoms with van der Waals surface area (Å²) in [4.78, 5) is 11.7. The van der Waals surface area contributed by atoms with Crippen LogP contribution in [0.15, 0.2) is 42.5 Å². The molecule has 0 aliphatic carbocycles. The number of halogens is 4. The molecule has 130 valence electrons. The molecule has 0 radical (unpaired) electrons. The number of rotatable bonds is 2. The predicted octanol–water partition coefficient (Wildman–Crippen LogP) is 5.73. The van der Waals surface area contributed by atoms with Crippen molar-refractivity contribution in [1.82, 2.24) is 0 Å². The molecule has 2 amide bonds. The molecule has 0 fully saturated rings. The van der Waals surface area contributed by atoms with Gasteiger partial charge in [-0.15, -0.1) is 0 Å². The van der Waals surface area contributed by atoms with Gasteiger partial charge in [-0.1, -0.05) is 25.4 Å². The van der Waals surface area contributed by atoms with Crippen molar-refractivity contribution in [1.29, 1.82) is 0 Å². The summed E-state index contributed by atoms with van der Waals surface area (Å²) in [5.74, 6) is 0.0264. The van der Waals surface area contributed by atoms with E-state index < -0.39 is 22.8 Å². The van der Waals surface area contributed by atoms with Crippen molar-refractivity contribution in [2.45, 2.75) is 20.0 Å². The van der Waals surface area contributed by atoms with Crippen LogP contribution in [0.3, 0.4) is 0 Å². The van der Waals surface area contributed by atoms with E-state index >= 15 is 0 Å². The summed E-state index contributed by atoms with van der Waals surface area (Å²) in [5, 5.41) is 13.4. The monoisotopic (exact) mass is 360 g/mol. The summed E-state index contributed by atoms with van der Waals surface area (Å²) in [6, 6.07) is 7.95. The van der Waals surface area contributed by atoms with Crippen LogP contribution >= 0.6 is 11.6 Å². The van der Waals surface area contributed by atoms with E-state index in [0.29, 0.717) is 5.69 Å². The van der Waals surface area contributed by atoms with E-state index in [-0.39, 0.29) is 11.4 Å². The van der Waals surface area contributed by atoms with Gasteiger partial charge in [0.15, 0.2) is 0 Å². The van der Waals surface area contributed by atoms with Gasteiger partial charge in [0.1, 0.15) is 5.75 Å². The minimum Gasteiger partial charge on any atom is -0.508 e. The van der Waals surface area contributed by atoms with E-state index in [2.05, 4.69) is 10.6 Å². The number of urea groups is 1. The molecular weight excluding hydrogens is 345 g/mol. The van der Waals surface area contributed by atoms with Crippen molar-refractivity contribution in [3.05, 3.63) is 53.1 Å². The van der Waals surface area contributed by atoms with E-state index in [9.17, 15) is 18.0 Å². The van der Waals surface area contributed by atoms with Crippen molar-refractivity contribution in [3.8, 4) is 5.75 Å². The van der Waals surface area contributed by atoms with Crippen LogP contribution in [0.5, 0.6) is 5.75 Å². The van der Waals surface area contributed by atoms with Crippen LogP contribution in [-0.4, -0.2) is 11.1 Å². The zero-order chi connectivity index (χ0) is 18.3. The van der Waals surface area contributed by atoms with E-state index in [0.717, 1.165) is 12.1 Å². The number of carbonyl (C=O) groups is 1. The molecule has 0 heterocycles. The maximum Gasteiger partial charge on any atom is 0.417 e. The third-order valence-electron chi connectivity index (χ3n) is 2.65. The van der Waals surface area contributed by atoms with Crippen molar-refractivity contribution < 1.29 is 23.1 Å². The largest absolute Gasteiger partial charge is 0.508 e. The quantitative estimate of drug-likeness (QED) is 0.598. The Hall–Kier alpha value is -2.41. The predicted molar refractivity (Wildman–Crippen MR) is 88.6 cm³/mol. The van der Waals surface area contributed by atoms with E-state index in [1.54, 1.807) is 0 Å². The first-order chi connectivity index (χ1) is 11.3.